The molecule has 16 heavy (non-hydrogen) atoms. The van der Waals surface area contributed by atoms with E-state index in [1.54, 1.807) is 6.92 Å². The first-order valence-electron chi connectivity index (χ1n) is 4.92. The van der Waals surface area contributed by atoms with Crippen LogP contribution >= 0.6 is 33.9 Å². The highest BCUT2D eigenvalue weighted by Crippen LogP contribution is 2.34. The Kier molecular flexibility index (Phi) is 4.74. The van der Waals surface area contributed by atoms with Crippen molar-refractivity contribution in [3.05, 3.63) is 18.9 Å². The fourth-order valence-corrected chi connectivity index (χ4v) is 3.45. The van der Waals surface area contributed by atoms with Crippen molar-refractivity contribution in [2.24, 2.45) is 0 Å². The molecule has 0 amide bonds. The van der Waals surface area contributed by atoms with Crippen LogP contribution in [0.3, 0.4) is 0 Å². The van der Waals surface area contributed by atoms with E-state index in [4.69, 9.17) is 10.00 Å². The first kappa shape index (κ1) is 13.5. The summed E-state index contributed by atoms with van der Waals surface area (Å²) in [5.74, 6) is -0.0864. The lowest BCUT2D eigenvalue weighted by atomic mass is 10.1. The number of esters is 1. The molecule has 0 saturated carbocycles. The van der Waals surface area contributed by atoms with E-state index in [2.05, 4.69) is 6.07 Å². The Morgan fingerprint density at radius 3 is 2.62 bits per heavy atom. The largest absolute Gasteiger partial charge is 0.462 e. The summed E-state index contributed by atoms with van der Waals surface area (Å²) in [6, 6.07) is 2.16. The summed E-state index contributed by atoms with van der Waals surface area (Å²) >= 11 is 3.40. The van der Waals surface area contributed by atoms with Crippen molar-refractivity contribution in [1.82, 2.24) is 0 Å². The van der Waals surface area contributed by atoms with Gasteiger partial charge in [-0.05, 0) is 35.4 Å². The van der Waals surface area contributed by atoms with Gasteiger partial charge in [0.2, 0.25) is 0 Å². The Labute approximate surface area is 113 Å². The third-order valence-electron chi connectivity index (χ3n) is 1.97. The molecule has 0 aliphatic rings. The van der Waals surface area contributed by atoms with Gasteiger partial charge in [0.1, 0.15) is 10.9 Å². The molecular formula is C11H12INO2S. The van der Waals surface area contributed by atoms with Gasteiger partial charge in [-0.15, -0.1) is 11.3 Å². The number of thiophene rings is 1. The zero-order valence-corrected chi connectivity index (χ0v) is 12.3. The second kappa shape index (κ2) is 5.64. The molecule has 0 atom stereocenters. The molecule has 0 aromatic carbocycles. The summed E-state index contributed by atoms with van der Waals surface area (Å²) in [6.07, 6.45) is 0. The lowest BCUT2D eigenvalue weighted by Gasteiger charge is -1.99. The zero-order valence-electron chi connectivity index (χ0n) is 9.33. The molecule has 1 heterocycles. The second-order valence-electron chi connectivity index (χ2n) is 3.47. The fraction of sp³-hybridized carbons (Fsp3) is 0.455. The standard InChI is InChI=1S/C11H12INO2S/c1-4-15-11(14)10-8(12)7(5-13)9(16-10)6(2)3/h6H,4H2,1-3H3. The Bertz CT molecular complexity index is 446. The van der Waals surface area contributed by atoms with E-state index in [1.165, 1.54) is 11.3 Å². The number of ether oxygens (including phenoxy) is 1. The molecule has 0 unspecified atom stereocenters. The number of carbonyl (C=O) groups excluding carboxylic acids is 1. The topological polar surface area (TPSA) is 50.1 Å². The van der Waals surface area contributed by atoms with Gasteiger partial charge in [0.05, 0.1) is 15.7 Å². The normalized spacial score (nSPS) is 10.2. The van der Waals surface area contributed by atoms with Crippen LogP contribution in [0.25, 0.3) is 0 Å². The van der Waals surface area contributed by atoms with Crippen molar-refractivity contribution in [2.75, 3.05) is 6.61 Å². The average Bonchev–Trinajstić information content (AvgIpc) is 2.55. The van der Waals surface area contributed by atoms with Crippen LogP contribution in [0.5, 0.6) is 0 Å². The average molecular weight is 349 g/mol. The molecule has 1 aromatic rings. The van der Waals surface area contributed by atoms with Crippen molar-refractivity contribution in [1.29, 1.82) is 5.26 Å². The summed E-state index contributed by atoms with van der Waals surface area (Å²) in [7, 11) is 0. The van der Waals surface area contributed by atoms with E-state index in [0.717, 1.165) is 4.88 Å². The number of hydrogen-bond donors (Lipinski definition) is 0. The van der Waals surface area contributed by atoms with E-state index < -0.39 is 0 Å². The molecule has 1 aromatic heterocycles. The van der Waals surface area contributed by atoms with Crippen LogP contribution in [0.15, 0.2) is 0 Å². The zero-order chi connectivity index (χ0) is 12.3. The number of rotatable bonds is 3. The number of halogens is 1. The number of nitrogens with zero attached hydrogens (tertiary/aromatic N) is 1. The lowest BCUT2D eigenvalue weighted by molar-refractivity contribution is 0.0531. The highest BCUT2D eigenvalue weighted by atomic mass is 127. The van der Waals surface area contributed by atoms with Gasteiger partial charge in [-0.1, -0.05) is 13.8 Å². The van der Waals surface area contributed by atoms with Crippen molar-refractivity contribution >= 4 is 39.9 Å². The Hall–Kier alpha value is -0.610. The summed E-state index contributed by atoms with van der Waals surface area (Å²) in [5, 5.41) is 9.07. The fourth-order valence-electron chi connectivity index (χ4n) is 1.27. The van der Waals surface area contributed by atoms with Crippen LogP contribution in [0.2, 0.25) is 0 Å². The second-order valence-corrected chi connectivity index (χ2v) is 5.60. The van der Waals surface area contributed by atoms with Gasteiger partial charge in [0.25, 0.3) is 0 Å². The molecule has 86 valence electrons. The van der Waals surface area contributed by atoms with E-state index in [-0.39, 0.29) is 11.9 Å². The molecule has 1 rings (SSSR count). The molecule has 0 radical (unpaired) electrons. The summed E-state index contributed by atoms with van der Waals surface area (Å²) in [6.45, 7) is 6.15. The van der Waals surface area contributed by atoms with Gasteiger partial charge in [-0.2, -0.15) is 5.26 Å². The smallest absolute Gasteiger partial charge is 0.349 e. The van der Waals surface area contributed by atoms with E-state index in [1.807, 2.05) is 36.4 Å². The third kappa shape index (κ3) is 2.55. The maximum absolute atomic E-state index is 11.6. The molecule has 0 spiro atoms. The highest BCUT2D eigenvalue weighted by Gasteiger charge is 2.23. The van der Waals surface area contributed by atoms with Crippen molar-refractivity contribution < 1.29 is 9.53 Å². The lowest BCUT2D eigenvalue weighted by Crippen LogP contribution is -2.03. The quantitative estimate of drug-likeness (QED) is 0.620. The first-order valence-corrected chi connectivity index (χ1v) is 6.81. The van der Waals surface area contributed by atoms with E-state index in [9.17, 15) is 4.79 Å². The van der Waals surface area contributed by atoms with Crippen LogP contribution < -0.4 is 0 Å². The Balaban J connectivity index is 3.24. The molecule has 0 N–H and O–H groups in total. The minimum atomic E-state index is -0.333. The summed E-state index contributed by atoms with van der Waals surface area (Å²) in [5.41, 5.74) is 0.614. The molecule has 0 aliphatic carbocycles. The maximum Gasteiger partial charge on any atom is 0.349 e. The van der Waals surface area contributed by atoms with Gasteiger partial charge < -0.3 is 4.74 Å². The van der Waals surface area contributed by atoms with Gasteiger partial charge in [-0.3, -0.25) is 0 Å². The minimum Gasteiger partial charge on any atom is -0.462 e. The highest BCUT2D eigenvalue weighted by molar-refractivity contribution is 14.1. The van der Waals surface area contributed by atoms with Crippen molar-refractivity contribution in [3.8, 4) is 6.07 Å². The minimum absolute atomic E-state index is 0.247. The summed E-state index contributed by atoms with van der Waals surface area (Å²) in [4.78, 5) is 13.1. The van der Waals surface area contributed by atoms with Crippen LogP contribution in [0.1, 0.15) is 46.8 Å². The molecule has 3 nitrogen and oxygen atoms in total. The van der Waals surface area contributed by atoms with Crippen LogP contribution in [-0.4, -0.2) is 12.6 Å². The van der Waals surface area contributed by atoms with Gasteiger partial charge in [0.15, 0.2) is 0 Å². The van der Waals surface area contributed by atoms with Crippen molar-refractivity contribution in [2.45, 2.75) is 26.7 Å². The SMILES string of the molecule is CCOC(=O)c1sc(C(C)C)c(C#N)c1I. The molecule has 5 heteroatoms. The molecule has 0 saturated heterocycles. The Morgan fingerprint density at radius 2 is 2.25 bits per heavy atom. The number of carbonyl (C=O) groups is 1. The van der Waals surface area contributed by atoms with Gasteiger partial charge >= 0.3 is 5.97 Å². The third-order valence-corrected chi connectivity index (χ3v) is 4.89. The monoisotopic (exact) mass is 349 g/mol. The van der Waals surface area contributed by atoms with Gasteiger partial charge in [-0.25, -0.2) is 4.79 Å². The molecule has 0 bridgehead atoms. The Morgan fingerprint density at radius 1 is 1.62 bits per heavy atom. The molecule has 0 fully saturated rings. The van der Waals surface area contributed by atoms with Crippen LogP contribution in [0, 0.1) is 14.9 Å². The van der Waals surface area contributed by atoms with Crippen molar-refractivity contribution in [3.63, 3.8) is 0 Å². The van der Waals surface area contributed by atoms with E-state index in [0.29, 0.717) is 20.6 Å². The maximum atomic E-state index is 11.6. The predicted molar refractivity (Wildman–Crippen MR) is 71.8 cm³/mol. The predicted octanol–water partition coefficient (Wildman–Crippen LogP) is 3.52. The first-order chi connectivity index (χ1) is 7.52. The van der Waals surface area contributed by atoms with Crippen LogP contribution in [-0.2, 0) is 4.74 Å². The number of hydrogen-bond acceptors (Lipinski definition) is 4. The molecular weight excluding hydrogens is 337 g/mol. The van der Waals surface area contributed by atoms with E-state index >= 15 is 0 Å². The summed E-state index contributed by atoms with van der Waals surface area (Å²) < 4.78 is 5.67. The van der Waals surface area contributed by atoms with Gasteiger partial charge in [0, 0.05) is 4.88 Å². The molecule has 0 aliphatic heterocycles. The van der Waals surface area contributed by atoms with Crippen LogP contribution in [0.4, 0.5) is 0 Å². The number of nitriles is 1.